The maximum atomic E-state index is 14.2. The number of nitrogens with two attached hydrogens (primary N) is 1. The molecule has 1 aromatic carbocycles. The highest BCUT2D eigenvalue weighted by molar-refractivity contribution is 7.89. The predicted octanol–water partition coefficient (Wildman–Crippen LogP) is 0.481. The van der Waals surface area contributed by atoms with Gasteiger partial charge in [-0.15, -0.1) is 0 Å². The molecule has 0 aromatic heterocycles. The number of halogens is 1. The Morgan fingerprint density at radius 2 is 1.91 bits per heavy atom. The molecule has 1 amide bonds. The summed E-state index contributed by atoms with van der Waals surface area (Å²) < 4.78 is 50.3. The summed E-state index contributed by atoms with van der Waals surface area (Å²) in [6.45, 7) is 0.115. The number of hydrogen-bond acceptors (Lipinski definition) is 5. The monoisotopic (exact) mass is 332 g/mol. The molecule has 2 rings (SSSR count). The molecule has 1 atom stereocenters. The van der Waals surface area contributed by atoms with Crippen molar-refractivity contribution in [2.24, 2.45) is 5.73 Å². The summed E-state index contributed by atoms with van der Waals surface area (Å²) in [6.07, 6.45) is 0.811. The lowest BCUT2D eigenvalue weighted by atomic mass is 10.2. The average molecular weight is 332 g/mol. The van der Waals surface area contributed by atoms with Crippen LogP contribution in [-0.4, -0.2) is 45.4 Å². The number of sulfonamides is 1. The Hall–Kier alpha value is -1.87. The molecule has 1 aliphatic rings. The number of rotatable bonds is 5. The number of ether oxygens (including phenoxy) is 2. The van der Waals surface area contributed by atoms with Crippen LogP contribution >= 0.6 is 0 Å². The van der Waals surface area contributed by atoms with Crippen molar-refractivity contribution in [1.82, 2.24) is 4.31 Å². The summed E-state index contributed by atoms with van der Waals surface area (Å²) in [5.74, 6) is -1.57. The number of primary amides is 1. The van der Waals surface area contributed by atoms with Crippen LogP contribution in [0.1, 0.15) is 12.8 Å². The van der Waals surface area contributed by atoms with Crippen LogP contribution in [0.3, 0.4) is 0 Å². The average Bonchev–Trinajstić information content (AvgIpc) is 2.97. The van der Waals surface area contributed by atoms with Gasteiger partial charge in [-0.2, -0.15) is 4.31 Å². The van der Waals surface area contributed by atoms with Crippen molar-refractivity contribution in [3.63, 3.8) is 0 Å². The minimum absolute atomic E-state index is 0.0758. The van der Waals surface area contributed by atoms with Gasteiger partial charge < -0.3 is 15.2 Å². The zero-order chi connectivity index (χ0) is 16.5. The molecular weight excluding hydrogens is 315 g/mol. The third-order valence-electron chi connectivity index (χ3n) is 3.56. The Morgan fingerprint density at radius 3 is 2.45 bits per heavy atom. The fraction of sp³-hybridized carbons (Fsp3) is 0.462. The largest absolute Gasteiger partial charge is 0.493 e. The number of methoxy groups -OCH3 is 2. The normalized spacial score (nSPS) is 19.1. The minimum atomic E-state index is -4.20. The molecule has 7 nitrogen and oxygen atoms in total. The van der Waals surface area contributed by atoms with Gasteiger partial charge in [0.15, 0.2) is 11.5 Å². The zero-order valence-electron chi connectivity index (χ0n) is 12.2. The van der Waals surface area contributed by atoms with Gasteiger partial charge in [0.2, 0.25) is 15.9 Å². The third kappa shape index (κ3) is 2.73. The highest BCUT2D eigenvalue weighted by Crippen LogP contribution is 2.35. The molecular formula is C13H17FN2O5S. The van der Waals surface area contributed by atoms with Gasteiger partial charge in [0.1, 0.15) is 16.8 Å². The van der Waals surface area contributed by atoms with E-state index >= 15 is 0 Å². The Balaban J connectivity index is 2.52. The molecule has 0 spiro atoms. The fourth-order valence-electron chi connectivity index (χ4n) is 2.47. The minimum Gasteiger partial charge on any atom is -0.493 e. The fourth-order valence-corrected chi connectivity index (χ4v) is 4.20. The second-order valence-corrected chi connectivity index (χ2v) is 6.67. The maximum absolute atomic E-state index is 14.2. The summed E-state index contributed by atoms with van der Waals surface area (Å²) in [7, 11) is -1.57. The van der Waals surface area contributed by atoms with Gasteiger partial charge >= 0.3 is 0 Å². The summed E-state index contributed by atoms with van der Waals surface area (Å²) in [4.78, 5) is 10.8. The van der Waals surface area contributed by atoms with Gasteiger partial charge in [0, 0.05) is 18.7 Å². The van der Waals surface area contributed by atoms with Crippen LogP contribution in [0.5, 0.6) is 11.5 Å². The van der Waals surface area contributed by atoms with Crippen molar-refractivity contribution in [2.45, 2.75) is 23.8 Å². The number of carbonyl (C=O) groups excluding carboxylic acids is 1. The van der Waals surface area contributed by atoms with Gasteiger partial charge in [0.25, 0.3) is 0 Å². The molecule has 0 aliphatic carbocycles. The van der Waals surface area contributed by atoms with Crippen molar-refractivity contribution in [2.75, 3.05) is 20.8 Å². The molecule has 1 aromatic rings. The van der Waals surface area contributed by atoms with E-state index in [1.165, 1.54) is 14.2 Å². The first-order valence-corrected chi connectivity index (χ1v) is 7.99. The molecule has 1 aliphatic heterocycles. The summed E-state index contributed by atoms with van der Waals surface area (Å²) in [6, 6.07) is 1.01. The maximum Gasteiger partial charge on any atom is 0.246 e. The van der Waals surface area contributed by atoms with Gasteiger partial charge in [-0.3, -0.25) is 4.79 Å². The van der Waals surface area contributed by atoms with Crippen molar-refractivity contribution < 1.29 is 27.1 Å². The van der Waals surface area contributed by atoms with Crippen LogP contribution in [0.4, 0.5) is 4.39 Å². The van der Waals surface area contributed by atoms with Crippen molar-refractivity contribution in [3.8, 4) is 11.5 Å². The molecule has 2 N–H and O–H groups in total. The van der Waals surface area contributed by atoms with E-state index in [9.17, 15) is 17.6 Å². The number of carbonyl (C=O) groups is 1. The Kier molecular flexibility index (Phi) is 4.57. The van der Waals surface area contributed by atoms with Gasteiger partial charge in [-0.05, 0) is 12.8 Å². The number of amides is 1. The number of benzene rings is 1. The van der Waals surface area contributed by atoms with E-state index in [-0.39, 0.29) is 18.0 Å². The van der Waals surface area contributed by atoms with Gasteiger partial charge in [-0.1, -0.05) is 0 Å². The molecule has 0 bridgehead atoms. The van der Waals surface area contributed by atoms with E-state index in [4.69, 9.17) is 15.2 Å². The zero-order valence-corrected chi connectivity index (χ0v) is 13.0. The van der Waals surface area contributed by atoms with Crippen LogP contribution < -0.4 is 15.2 Å². The van der Waals surface area contributed by atoms with E-state index in [2.05, 4.69) is 0 Å². The Morgan fingerprint density at radius 1 is 1.32 bits per heavy atom. The van der Waals surface area contributed by atoms with Crippen molar-refractivity contribution in [3.05, 3.63) is 17.9 Å². The van der Waals surface area contributed by atoms with E-state index in [1.807, 2.05) is 0 Å². The Bertz CT molecular complexity index is 692. The topological polar surface area (TPSA) is 98.9 Å². The second-order valence-electron chi connectivity index (χ2n) is 4.81. The first kappa shape index (κ1) is 16.5. The van der Waals surface area contributed by atoms with Crippen LogP contribution in [0.2, 0.25) is 0 Å². The standard InChI is InChI=1S/C13H17FN2O5S/c1-20-10-6-8(14)12(7-11(10)21-2)22(18,19)16-5-3-4-9(16)13(15)17/h6-7,9H,3-5H2,1-2H3,(H2,15,17)/t9-/m0/s1. The number of hydrogen-bond donors (Lipinski definition) is 1. The van der Waals surface area contributed by atoms with Gasteiger partial charge in [0.05, 0.1) is 14.2 Å². The molecule has 1 heterocycles. The molecule has 9 heteroatoms. The second kappa shape index (κ2) is 6.09. The molecule has 0 saturated carbocycles. The molecule has 122 valence electrons. The molecule has 0 unspecified atom stereocenters. The summed E-state index contributed by atoms with van der Waals surface area (Å²) in [5, 5.41) is 0. The lowest BCUT2D eigenvalue weighted by molar-refractivity contribution is -0.121. The highest BCUT2D eigenvalue weighted by atomic mass is 32.2. The lowest BCUT2D eigenvalue weighted by Crippen LogP contribution is -2.43. The first-order valence-electron chi connectivity index (χ1n) is 6.55. The molecule has 0 radical (unpaired) electrons. The highest BCUT2D eigenvalue weighted by Gasteiger charge is 2.40. The van der Waals surface area contributed by atoms with E-state index in [0.717, 1.165) is 16.4 Å². The quantitative estimate of drug-likeness (QED) is 0.845. The van der Waals surface area contributed by atoms with Crippen LogP contribution in [0.25, 0.3) is 0 Å². The van der Waals surface area contributed by atoms with E-state index < -0.39 is 32.7 Å². The van der Waals surface area contributed by atoms with E-state index in [1.54, 1.807) is 0 Å². The van der Waals surface area contributed by atoms with E-state index in [0.29, 0.717) is 12.8 Å². The van der Waals surface area contributed by atoms with Crippen LogP contribution in [0.15, 0.2) is 17.0 Å². The molecule has 1 saturated heterocycles. The Labute approximate surface area is 127 Å². The lowest BCUT2D eigenvalue weighted by Gasteiger charge is -2.22. The van der Waals surface area contributed by atoms with Crippen LogP contribution in [-0.2, 0) is 14.8 Å². The predicted molar refractivity (Wildman–Crippen MR) is 75.6 cm³/mol. The van der Waals surface area contributed by atoms with Gasteiger partial charge in [-0.25, -0.2) is 12.8 Å². The van der Waals surface area contributed by atoms with Crippen molar-refractivity contribution >= 4 is 15.9 Å². The third-order valence-corrected chi connectivity index (χ3v) is 5.48. The van der Waals surface area contributed by atoms with Crippen molar-refractivity contribution in [1.29, 1.82) is 0 Å². The van der Waals surface area contributed by atoms with Crippen LogP contribution in [0, 0.1) is 5.82 Å². The molecule has 1 fully saturated rings. The molecule has 22 heavy (non-hydrogen) atoms. The first-order chi connectivity index (χ1) is 10.3. The summed E-state index contributed by atoms with van der Waals surface area (Å²) >= 11 is 0. The SMILES string of the molecule is COc1cc(F)c(S(=O)(=O)N2CCC[C@H]2C(N)=O)cc1OC. The summed E-state index contributed by atoms with van der Waals surface area (Å²) in [5.41, 5.74) is 5.22. The number of nitrogens with zero attached hydrogens (tertiary/aromatic N) is 1. The smallest absolute Gasteiger partial charge is 0.246 e.